The van der Waals surface area contributed by atoms with Crippen LogP contribution in [-0.2, 0) is 0 Å². The zero-order chi connectivity index (χ0) is 13.9. The Kier molecular flexibility index (Phi) is 10.3. The molecule has 0 amide bonds. The summed E-state index contributed by atoms with van der Waals surface area (Å²) >= 11 is 0. The molecule has 0 aliphatic rings. The minimum absolute atomic E-state index is 0.291. The molecule has 0 fully saturated rings. The Morgan fingerprint density at radius 1 is 0.833 bits per heavy atom. The van der Waals surface area contributed by atoms with Gasteiger partial charge in [-0.05, 0) is 24.3 Å². The molecule has 0 saturated carbocycles. The molecule has 0 aliphatic heterocycles. The Labute approximate surface area is 112 Å². The lowest BCUT2D eigenvalue weighted by Crippen LogP contribution is -2.13. The van der Waals surface area contributed by atoms with Crippen molar-refractivity contribution in [1.29, 1.82) is 0 Å². The summed E-state index contributed by atoms with van der Waals surface area (Å²) in [6, 6.07) is 0. The molecule has 0 rings (SSSR count). The fourth-order valence-corrected chi connectivity index (χ4v) is 2.44. The second-order valence-electron chi connectivity index (χ2n) is 5.71. The maximum absolute atomic E-state index is 12.5. The molecule has 0 radical (unpaired) electrons. The van der Waals surface area contributed by atoms with Crippen LogP contribution in [0.5, 0.6) is 0 Å². The van der Waals surface area contributed by atoms with Crippen molar-refractivity contribution < 1.29 is 8.78 Å². The molecule has 0 spiro atoms. The molecule has 0 atom stereocenters. The highest BCUT2D eigenvalue weighted by Crippen LogP contribution is 2.34. The third-order valence-electron chi connectivity index (χ3n) is 3.66. The summed E-state index contributed by atoms with van der Waals surface area (Å²) in [4.78, 5) is 0. The predicted molar refractivity (Wildman–Crippen MR) is 75.9 cm³/mol. The van der Waals surface area contributed by atoms with Crippen molar-refractivity contribution in [2.75, 3.05) is 0 Å². The lowest BCUT2D eigenvalue weighted by atomic mass is 9.80. The van der Waals surface area contributed by atoms with Gasteiger partial charge in [0.05, 0.1) is 0 Å². The van der Waals surface area contributed by atoms with Crippen LogP contribution in [0.3, 0.4) is 0 Å². The molecule has 18 heavy (non-hydrogen) atoms. The quantitative estimate of drug-likeness (QED) is 0.362. The summed E-state index contributed by atoms with van der Waals surface area (Å²) in [6.45, 7) is 6.33. The van der Waals surface area contributed by atoms with E-state index < -0.39 is 6.08 Å². The number of hydrogen-bond donors (Lipinski definition) is 0. The lowest BCUT2D eigenvalue weighted by molar-refractivity contribution is 0.304. The van der Waals surface area contributed by atoms with Crippen LogP contribution in [0.15, 0.2) is 12.2 Å². The summed E-state index contributed by atoms with van der Waals surface area (Å²) in [5.74, 6) is 0. The van der Waals surface area contributed by atoms with Gasteiger partial charge >= 0.3 is 0 Å². The molecule has 108 valence electrons. The first kappa shape index (κ1) is 17.6. The molecule has 0 aliphatic carbocycles. The van der Waals surface area contributed by atoms with Crippen molar-refractivity contribution in [3.8, 4) is 0 Å². The van der Waals surface area contributed by atoms with Gasteiger partial charge in [-0.25, -0.2) is 0 Å². The lowest BCUT2D eigenvalue weighted by Gasteiger charge is -2.25. The van der Waals surface area contributed by atoms with Crippen LogP contribution in [0.4, 0.5) is 8.78 Å². The molecule has 2 heteroatoms. The Morgan fingerprint density at radius 2 is 1.28 bits per heavy atom. The first-order chi connectivity index (χ1) is 8.54. The molecule has 0 N–H and O–H groups in total. The van der Waals surface area contributed by atoms with Gasteiger partial charge in [0, 0.05) is 0 Å². The Balaban J connectivity index is 4.12. The van der Waals surface area contributed by atoms with Crippen molar-refractivity contribution in [2.24, 2.45) is 5.41 Å². The average Bonchev–Trinajstić information content (AvgIpc) is 2.30. The predicted octanol–water partition coefficient (Wildman–Crippen LogP) is 6.71. The van der Waals surface area contributed by atoms with E-state index in [1.165, 1.54) is 44.6 Å². The Hall–Kier alpha value is -0.400. The molecule has 0 aromatic heterocycles. The molecule has 0 heterocycles. The molecule has 0 nitrogen and oxygen atoms in total. The van der Waals surface area contributed by atoms with Crippen molar-refractivity contribution in [3.05, 3.63) is 12.2 Å². The third kappa shape index (κ3) is 9.61. The van der Waals surface area contributed by atoms with Crippen LogP contribution in [0.1, 0.15) is 85.0 Å². The number of unbranched alkanes of at least 4 members (excludes halogenated alkanes) is 6. The van der Waals surface area contributed by atoms with Crippen LogP contribution >= 0.6 is 0 Å². The standard InChI is InChI=1S/C16H30F2/c1-4-6-8-10-12-16(3,14-15(17)18)13-11-9-7-5-2/h14H,4-13H2,1-3H3. The minimum Gasteiger partial charge on any atom is -0.174 e. The number of halogens is 2. The van der Waals surface area contributed by atoms with Gasteiger partial charge in [0.25, 0.3) is 6.08 Å². The van der Waals surface area contributed by atoms with E-state index in [1.54, 1.807) is 0 Å². The van der Waals surface area contributed by atoms with Gasteiger partial charge in [-0.1, -0.05) is 72.1 Å². The first-order valence-electron chi connectivity index (χ1n) is 7.58. The molecule has 0 bridgehead atoms. The zero-order valence-corrected chi connectivity index (χ0v) is 12.4. The normalized spacial score (nSPS) is 11.6. The van der Waals surface area contributed by atoms with Crippen LogP contribution in [0.2, 0.25) is 0 Å². The van der Waals surface area contributed by atoms with Gasteiger partial charge in [-0.15, -0.1) is 0 Å². The molecule has 0 aromatic carbocycles. The van der Waals surface area contributed by atoms with E-state index in [-0.39, 0.29) is 5.41 Å². The number of allylic oxidation sites excluding steroid dienone is 1. The summed E-state index contributed by atoms with van der Waals surface area (Å²) < 4.78 is 25.1. The van der Waals surface area contributed by atoms with Gasteiger partial charge in [0.15, 0.2) is 0 Å². The van der Waals surface area contributed by atoms with Crippen LogP contribution < -0.4 is 0 Å². The van der Waals surface area contributed by atoms with E-state index >= 15 is 0 Å². The number of hydrogen-bond acceptors (Lipinski definition) is 0. The van der Waals surface area contributed by atoms with Gasteiger partial charge in [-0.2, -0.15) is 8.78 Å². The van der Waals surface area contributed by atoms with Crippen molar-refractivity contribution in [1.82, 2.24) is 0 Å². The summed E-state index contributed by atoms with van der Waals surface area (Å²) in [7, 11) is 0. The largest absolute Gasteiger partial charge is 0.266 e. The summed E-state index contributed by atoms with van der Waals surface area (Å²) in [6.07, 6.45) is 10.8. The molecule has 0 saturated heterocycles. The van der Waals surface area contributed by atoms with E-state index in [0.717, 1.165) is 25.7 Å². The van der Waals surface area contributed by atoms with E-state index in [1.807, 2.05) is 6.92 Å². The van der Waals surface area contributed by atoms with Crippen LogP contribution in [0.25, 0.3) is 0 Å². The van der Waals surface area contributed by atoms with Gasteiger partial charge in [-0.3, -0.25) is 0 Å². The second-order valence-corrected chi connectivity index (χ2v) is 5.71. The summed E-state index contributed by atoms with van der Waals surface area (Å²) in [5, 5.41) is 0. The highest BCUT2D eigenvalue weighted by atomic mass is 19.3. The highest BCUT2D eigenvalue weighted by Gasteiger charge is 2.22. The fraction of sp³-hybridized carbons (Fsp3) is 0.875. The fourth-order valence-electron chi connectivity index (χ4n) is 2.44. The van der Waals surface area contributed by atoms with E-state index in [2.05, 4.69) is 13.8 Å². The smallest absolute Gasteiger partial charge is 0.174 e. The van der Waals surface area contributed by atoms with E-state index in [9.17, 15) is 8.78 Å². The first-order valence-corrected chi connectivity index (χ1v) is 7.58. The average molecular weight is 260 g/mol. The second kappa shape index (κ2) is 10.5. The number of rotatable bonds is 11. The molecule has 0 aromatic rings. The van der Waals surface area contributed by atoms with Crippen molar-refractivity contribution >= 4 is 0 Å². The maximum atomic E-state index is 12.5. The van der Waals surface area contributed by atoms with Gasteiger partial charge < -0.3 is 0 Å². The molecule has 0 unspecified atom stereocenters. The van der Waals surface area contributed by atoms with E-state index in [4.69, 9.17) is 0 Å². The van der Waals surface area contributed by atoms with Gasteiger partial charge in [0.2, 0.25) is 0 Å². The van der Waals surface area contributed by atoms with Gasteiger partial charge in [0.1, 0.15) is 0 Å². The molecular weight excluding hydrogens is 230 g/mol. The summed E-state index contributed by atoms with van der Waals surface area (Å²) in [5.41, 5.74) is -0.291. The Morgan fingerprint density at radius 3 is 1.61 bits per heavy atom. The zero-order valence-electron chi connectivity index (χ0n) is 12.4. The van der Waals surface area contributed by atoms with Crippen molar-refractivity contribution in [3.63, 3.8) is 0 Å². The minimum atomic E-state index is -1.51. The van der Waals surface area contributed by atoms with Crippen LogP contribution in [-0.4, -0.2) is 0 Å². The topological polar surface area (TPSA) is 0 Å². The Bertz CT molecular complexity index is 205. The highest BCUT2D eigenvalue weighted by molar-refractivity contribution is 4.97. The van der Waals surface area contributed by atoms with E-state index in [0.29, 0.717) is 0 Å². The van der Waals surface area contributed by atoms with Crippen LogP contribution in [0, 0.1) is 5.41 Å². The maximum Gasteiger partial charge on any atom is 0.266 e. The molecular formula is C16H30F2. The third-order valence-corrected chi connectivity index (χ3v) is 3.66. The SMILES string of the molecule is CCCCCCC(C)(C=C(F)F)CCCCCC. The van der Waals surface area contributed by atoms with Crippen molar-refractivity contribution in [2.45, 2.75) is 85.0 Å². The monoisotopic (exact) mass is 260 g/mol.